The molecule has 0 aliphatic heterocycles. The van der Waals surface area contributed by atoms with E-state index in [0.717, 1.165) is 30.8 Å². The molecule has 0 aliphatic carbocycles. The monoisotopic (exact) mass is 225 g/mol. The van der Waals surface area contributed by atoms with Gasteiger partial charge < -0.3 is 5.32 Å². The van der Waals surface area contributed by atoms with Gasteiger partial charge >= 0.3 is 0 Å². The standard InChI is InChI=1S/C13H23NS/c1-10(2)13(11(3)4)8-14-7-12-5-6-15-9-12/h5-6,9-11,13-14H,7-8H2,1-4H3. The molecule has 0 fully saturated rings. The lowest BCUT2D eigenvalue weighted by Gasteiger charge is -2.25. The summed E-state index contributed by atoms with van der Waals surface area (Å²) in [5.41, 5.74) is 1.41. The molecule has 1 rings (SSSR count). The summed E-state index contributed by atoms with van der Waals surface area (Å²) < 4.78 is 0. The Morgan fingerprint density at radius 2 is 1.87 bits per heavy atom. The van der Waals surface area contributed by atoms with E-state index in [1.807, 2.05) is 0 Å². The number of hydrogen-bond donors (Lipinski definition) is 1. The normalized spacial score (nSPS) is 11.9. The van der Waals surface area contributed by atoms with E-state index >= 15 is 0 Å². The fourth-order valence-electron chi connectivity index (χ4n) is 2.02. The second-order valence-corrected chi connectivity index (χ2v) is 5.69. The smallest absolute Gasteiger partial charge is 0.0213 e. The fourth-order valence-corrected chi connectivity index (χ4v) is 2.69. The van der Waals surface area contributed by atoms with Gasteiger partial charge in [-0.05, 0) is 46.7 Å². The highest BCUT2D eigenvalue weighted by molar-refractivity contribution is 7.07. The lowest BCUT2D eigenvalue weighted by Crippen LogP contribution is -2.29. The number of nitrogens with one attached hydrogen (secondary N) is 1. The van der Waals surface area contributed by atoms with Crippen LogP contribution in [0.1, 0.15) is 33.3 Å². The maximum atomic E-state index is 3.56. The van der Waals surface area contributed by atoms with E-state index in [1.54, 1.807) is 11.3 Å². The molecule has 0 amide bonds. The van der Waals surface area contributed by atoms with Crippen molar-refractivity contribution >= 4 is 11.3 Å². The first-order valence-electron chi connectivity index (χ1n) is 5.83. The van der Waals surface area contributed by atoms with Crippen molar-refractivity contribution in [3.8, 4) is 0 Å². The van der Waals surface area contributed by atoms with Crippen LogP contribution in [0.3, 0.4) is 0 Å². The minimum atomic E-state index is 0.764. The van der Waals surface area contributed by atoms with E-state index in [0.29, 0.717) is 0 Å². The number of rotatable bonds is 6. The van der Waals surface area contributed by atoms with Crippen LogP contribution in [0.25, 0.3) is 0 Å². The lowest BCUT2D eigenvalue weighted by molar-refractivity contribution is 0.275. The third-order valence-electron chi connectivity index (χ3n) is 3.00. The number of thiophene rings is 1. The van der Waals surface area contributed by atoms with Crippen molar-refractivity contribution in [2.24, 2.45) is 17.8 Å². The van der Waals surface area contributed by atoms with E-state index in [9.17, 15) is 0 Å². The maximum Gasteiger partial charge on any atom is 0.0213 e. The van der Waals surface area contributed by atoms with E-state index < -0.39 is 0 Å². The SMILES string of the molecule is CC(C)C(CNCc1ccsc1)C(C)C. The Hall–Kier alpha value is -0.340. The summed E-state index contributed by atoms with van der Waals surface area (Å²) in [4.78, 5) is 0. The van der Waals surface area contributed by atoms with Crippen LogP contribution in [0, 0.1) is 17.8 Å². The van der Waals surface area contributed by atoms with Crippen LogP contribution < -0.4 is 5.32 Å². The Morgan fingerprint density at radius 1 is 1.20 bits per heavy atom. The van der Waals surface area contributed by atoms with Crippen LogP contribution >= 0.6 is 11.3 Å². The van der Waals surface area contributed by atoms with Crippen LogP contribution in [-0.4, -0.2) is 6.54 Å². The van der Waals surface area contributed by atoms with Crippen LogP contribution in [0.4, 0.5) is 0 Å². The molecule has 0 aliphatic rings. The molecule has 0 unspecified atom stereocenters. The predicted octanol–water partition coefficient (Wildman–Crippen LogP) is 3.77. The zero-order valence-corrected chi connectivity index (χ0v) is 11.1. The molecule has 1 nitrogen and oxygen atoms in total. The van der Waals surface area contributed by atoms with Crippen molar-refractivity contribution in [1.82, 2.24) is 5.32 Å². The van der Waals surface area contributed by atoms with Gasteiger partial charge in [0.1, 0.15) is 0 Å². The molecule has 1 aromatic rings. The van der Waals surface area contributed by atoms with E-state index in [4.69, 9.17) is 0 Å². The first-order chi connectivity index (χ1) is 7.11. The van der Waals surface area contributed by atoms with Gasteiger partial charge in [0.2, 0.25) is 0 Å². The van der Waals surface area contributed by atoms with Gasteiger partial charge in [0.15, 0.2) is 0 Å². The summed E-state index contributed by atoms with van der Waals surface area (Å²) in [7, 11) is 0. The topological polar surface area (TPSA) is 12.0 Å². The maximum absolute atomic E-state index is 3.56. The van der Waals surface area contributed by atoms with Gasteiger partial charge in [-0.15, -0.1) is 0 Å². The summed E-state index contributed by atoms with van der Waals surface area (Å²) in [6.45, 7) is 11.4. The molecule has 0 aromatic carbocycles. The Bertz CT molecular complexity index is 244. The van der Waals surface area contributed by atoms with Crippen molar-refractivity contribution in [3.63, 3.8) is 0 Å². The average Bonchev–Trinajstić information content (AvgIpc) is 2.63. The third-order valence-corrected chi connectivity index (χ3v) is 3.73. The van der Waals surface area contributed by atoms with E-state index in [-0.39, 0.29) is 0 Å². The van der Waals surface area contributed by atoms with Gasteiger partial charge in [-0.3, -0.25) is 0 Å². The molecule has 86 valence electrons. The summed E-state index contributed by atoms with van der Waals surface area (Å²) in [5, 5.41) is 7.91. The first-order valence-corrected chi connectivity index (χ1v) is 6.77. The first kappa shape index (κ1) is 12.7. The summed E-state index contributed by atoms with van der Waals surface area (Å²) in [6, 6.07) is 2.19. The van der Waals surface area contributed by atoms with Crippen molar-refractivity contribution in [1.29, 1.82) is 0 Å². The Balaban J connectivity index is 2.28. The van der Waals surface area contributed by atoms with Gasteiger partial charge in [0.05, 0.1) is 0 Å². The fraction of sp³-hybridized carbons (Fsp3) is 0.692. The van der Waals surface area contributed by atoms with Gasteiger partial charge in [-0.2, -0.15) is 11.3 Å². The van der Waals surface area contributed by atoms with Gasteiger partial charge in [0.25, 0.3) is 0 Å². The molecule has 0 bridgehead atoms. The molecule has 0 spiro atoms. The average molecular weight is 225 g/mol. The molecular weight excluding hydrogens is 202 g/mol. The zero-order valence-electron chi connectivity index (χ0n) is 10.3. The van der Waals surface area contributed by atoms with Gasteiger partial charge in [-0.1, -0.05) is 27.7 Å². The number of hydrogen-bond acceptors (Lipinski definition) is 2. The van der Waals surface area contributed by atoms with Crippen molar-refractivity contribution in [2.45, 2.75) is 34.2 Å². The lowest BCUT2D eigenvalue weighted by atomic mass is 9.85. The zero-order chi connectivity index (χ0) is 11.3. The third kappa shape index (κ3) is 4.35. The van der Waals surface area contributed by atoms with Gasteiger partial charge in [0, 0.05) is 6.54 Å². The highest BCUT2D eigenvalue weighted by atomic mass is 32.1. The Labute approximate surface area is 97.9 Å². The molecule has 0 saturated heterocycles. The van der Waals surface area contributed by atoms with Crippen LogP contribution in [0.15, 0.2) is 16.8 Å². The van der Waals surface area contributed by atoms with E-state index in [2.05, 4.69) is 49.8 Å². The van der Waals surface area contributed by atoms with Crippen LogP contribution in [-0.2, 0) is 6.54 Å². The summed E-state index contributed by atoms with van der Waals surface area (Å²) in [5.74, 6) is 2.31. The highest BCUT2D eigenvalue weighted by Crippen LogP contribution is 2.19. The quantitative estimate of drug-likeness (QED) is 0.777. The van der Waals surface area contributed by atoms with Crippen molar-refractivity contribution in [2.75, 3.05) is 6.54 Å². The Kier molecular flexibility index (Phi) is 5.34. The minimum Gasteiger partial charge on any atom is -0.312 e. The predicted molar refractivity (Wildman–Crippen MR) is 69.2 cm³/mol. The molecule has 1 heterocycles. The molecule has 0 radical (unpaired) electrons. The highest BCUT2D eigenvalue weighted by Gasteiger charge is 2.16. The largest absolute Gasteiger partial charge is 0.312 e. The summed E-state index contributed by atoms with van der Waals surface area (Å²) in [6.07, 6.45) is 0. The second kappa shape index (κ2) is 6.29. The molecule has 1 aromatic heterocycles. The van der Waals surface area contributed by atoms with E-state index in [1.165, 1.54) is 5.56 Å². The van der Waals surface area contributed by atoms with Crippen LogP contribution in [0.2, 0.25) is 0 Å². The molecule has 1 N–H and O–H groups in total. The molecule has 0 saturated carbocycles. The molecular formula is C13H23NS. The molecule has 15 heavy (non-hydrogen) atoms. The molecule has 2 heteroatoms. The van der Waals surface area contributed by atoms with Crippen LogP contribution in [0.5, 0.6) is 0 Å². The van der Waals surface area contributed by atoms with Crippen molar-refractivity contribution < 1.29 is 0 Å². The second-order valence-electron chi connectivity index (χ2n) is 4.91. The summed E-state index contributed by atoms with van der Waals surface area (Å²) >= 11 is 1.77. The van der Waals surface area contributed by atoms with Crippen molar-refractivity contribution in [3.05, 3.63) is 22.4 Å². The molecule has 0 atom stereocenters. The van der Waals surface area contributed by atoms with Gasteiger partial charge in [-0.25, -0.2) is 0 Å². The minimum absolute atomic E-state index is 0.764. The Morgan fingerprint density at radius 3 is 2.33 bits per heavy atom.